The highest BCUT2D eigenvalue weighted by molar-refractivity contribution is 5.90. The molecule has 3 N–H and O–H groups in total. The molecule has 1 aromatic rings. The van der Waals surface area contributed by atoms with Crippen LogP contribution in [0.2, 0.25) is 0 Å². The van der Waals surface area contributed by atoms with Gasteiger partial charge in [-0.1, -0.05) is 19.1 Å². The first kappa shape index (κ1) is 16.3. The Morgan fingerprint density at radius 2 is 1.95 bits per heavy atom. The number of nitrogens with one attached hydrogen (secondary N) is 3. The highest BCUT2D eigenvalue weighted by Gasteiger charge is 2.21. The van der Waals surface area contributed by atoms with Crippen LogP contribution in [0.25, 0.3) is 0 Å². The molecule has 5 heteroatoms. The summed E-state index contributed by atoms with van der Waals surface area (Å²) >= 11 is 0. The highest BCUT2D eigenvalue weighted by Crippen LogP contribution is 2.18. The summed E-state index contributed by atoms with van der Waals surface area (Å²) in [7, 11) is 0. The van der Waals surface area contributed by atoms with Crippen LogP contribution in [0, 0.1) is 0 Å². The van der Waals surface area contributed by atoms with Crippen molar-refractivity contribution in [2.24, 2.45) is 4.99 Å². The molecule has 1 aromatic carbocycles. The maximum absolute atomic E-state index is 11.5. The third kappa shape index (κ3) is 5.76. The Labute approximate surface area is 132 Å². The summed E-state index contributed by atoms with van der Waals surface area (Å²) < 4.78 is 0. The number of amides is 1. The highest BCUT2D eigenvalue weighted by atomic mass is 16.1. The van der Waals surface area contributed by atoms with Gasteiger partial charge in [-0.2, -0.15) is 0 Å². The Morgan fingerprint density at radius 1 is 1.23 bits per heavy atom. The van der Waals surface area contributed by atoms with Crippen LogP contribution in [0.1, 0.15) is 45.1 Å². The fourth-order valence-corrected chi connectivity index (χ4v) is 2.06. The first-order valence-corrected chi connectivity index (χ1v) is 8.15. The molecule has 0 unspecified atom stereocenters. The third-order valence-corrected chi connectivity index (χ3v) is 3.40. The summed E-state index contributed by atoms with van der Waals surface area (Å²) in [6, 6.07) is 8.46. The average Bonchev–Trinajstić information content (AvgIpc) is 3.31. The zero-order valence-corrected chi connectivity index (χ0v) is 13.5. The minimum Gasteiger partial charge on any atom is -0.357 e. The van der Waals surface area contributed by atoms with Crippen LogP contribution in [0.4, 0.5) is 5.69 Å². The van der Waals surface area contributed by atoms with E-state index in [0.717, 1.165) is 30.2 Å². The summed E-state index contributed by atoms with van der Waals surface area (Å²) in [5.41, 5.74) is 1.97. The number of carbonyl (C=O) groups is 1. The van der Waals surface area contributed by atoms with E-state index in [0.29, 0.717) is 19.0 Å². The van der Waals surface area contributed by atoms with Crippen molar-refractivity contribution in [3.63, 3.8) is 0 Å². The number of hydrogen-bond donors (Lipinski definition) is 3. The normalized spacial score (nSPS) is 14.5. The van der Waals surface area contributed by atoms with E-state index in [-0.39, 0.29) is 5.91 Å². The lowest BCUT2D eigenvalue weighted by Gasteiger charge is -2.10. The zero-order chi connectivity index (χ0) is 15.8. The first-order valence-electron chi connectivity index (χ1n) is 8.15. The number of benzene rings is 1. The largest absolute Gasteiger partial charge is 0.357 e. The van der Waals surface area contributed by atoms with Crippen LogP contribution >= 0.6 is 0 Å². The van der Waals surface area contributed by atoms with Crippen molar-refractivity contribution in [1.29, 1.82) is 0 Å². The summed E-state index contributed by atoms with van der Waals surface area (Å²) in [5.74, 6) is 0.946. The molecule has 120 valence electrons. The molecule has 0 aliphatic heterocycles. The van der Waals surface area contributed by atoms with Gasteiger partial charge in [0.05, 0.1) is 6.54 Å². The van der Waals surface area contributed by atoms with Gasteiger partial charge in [0.15, 0.2) is 5.96 Å². The Morgan fingerprint density at radius 3 is 2.55 bits per heavy atom. The lowest BCUT2D eigenvalue weighted by molar-refractivity contribution is -0.116. The van der Waals surface area contributed by atoms with E-state index in [1.54, 1.807) is 0 Å². The number of hydrogen-bond acceptors (Lipinski definition) is 2. The van der Waals surface area contributed by atoms with Gasteiger partial charge in [0.1, 0.15) is 0 Å². The predicted octanol–water partition coefficient (Wildman–Crippen LogP) is 2.64. The lowest BCUT2D eigenvalue weighted by atomic mass is 10.2. The molecular formula is C17H26N4O. The Kier molecular flexibility index (Phi) is 6.25. The molecule has 1 saturated carbocycles. The molecular weight excluding hydrogens is 276 g/mol. The maximum Gasteiger partial charge on any atom is 0.224 e. The minimum atomic E-state index is 0.0661. The molecule has 0 aromatic heterocycles. The summed E-state index contributed by atoms with van der Waals surface area (Å²) in [4.78, 5) is 16.1. The lowest BCUT2D eigenvalue weighted by Crippen LogP contribution is -2.38. The third-order valence-electron chi connectivity index (χ3n) is 3.40. The van der Waals surface area contributed by atoms with Gasteiger partial charge in [0, 0.05) is 24.7 Å². The number of anilines is 1. The smallest absolute Gasteiger partial charge is 0.224 e. The quantitative estimate of drug-likeness (QED) is 0.536. The van der Waals surface area contributed by atoms with Gasteiger partial charge in [0.25, 0.3) is 0 Å². The summed E-state index contributed by atoms with van der Waals surface area (Å²) in [5, 5.41) is 9.54. The second-order valence-electron chi connectivity index (χ2n) is 5.61. The fraction of sp³-hybridized carbons (Fsp3) is 0.529. The Hall–Kier alpha value is -2.04. The molecule has 0 bridgehead atoms. The molecule has 0 atom stereocenters. The molecule has 0 heterocycles. The van der Waals surface area contributed by atoms with Gasteiger partial charge in [-0.3, -0.25) is 4.79 Å². The van der Waals surface area contributed by atoms with Crippen LogP contribution in [0.3, 0.4) is 0 Å². The predicted molar refractivity (Wildman–Crippen MR) is 91.0 cm³/mol. The first-order chi connectivity index (χ1) is 10.7. The molecule has 1 aliphatic rings. The van der Waals surface area contributed by atoms with Crippen LogP contribution in [0.5, 0.6) is 0 Å². The molecule has 1 aliphatic carbocycles. The standard InChI is InChI=1S/C17H26N4O/c1-3-5-16(22)20-14-8-6-13(7-9-14)12-19-17(18-4-2)21-15-10-11-15/h6-9,15H,3-5,10-12H2,1-2H3,(H,20,22)(H2,18,19,21). The second-order valence-corrected chi connectivity index (χ2v) is 5.61. The van der Waals surface area contributed by atoms with Crippen molar-refractivity contribution in [3.8, 4) is 0 Å². The molecule has 5 nitrogen and oxygen atoms in total. The molecule has 2 rings (SSSR count). The van der Waals surface area contributed by atoms with Gasteiger partial charge in [-0.15, -0.1) is 0 Å². The van der Waals surface area contributed by atoms with Crippen LogP contribution in [0.15, 0.2) is 29.3 Å². The number of guanidine groups is 1. The van der Waals surface area contributed by atoms with E-state index >= 15 is 0 Å². The van der Waals surface area contributed by atoms with Gasteiger partial charge in [-0.25, -0.2) is 4.99 Å². The van der Waals surface area contributed by atoms with Gasteiger partial charge < -0.3 is 16.0 Å². The number of aliphatic imine (C=N–C) groups is 1. The second kappa shape index (κ2) is 8.41. The summed E-state index contributed by atoms with van der Waals surface area (Å²) in [6.45, 7) is 5.56. The number of nitrogens with zero attached hydrogens (tertiary/aromatic N) is 1. The van der Waals surface area contributed by atoms with Gasteiger partial charge in [-0.05, 0) is 43.9 Å². The average molecular weight is 302 g/mol. The van der Waals surface area contributed by atoms with E-state index in [4.69, 9.17) is 0 Å². The van der Waals surface area contributed by atoms with Crippen molar-refractivity contribution >= 4 is 17.6 Å². The van der Waals surface area contributed by atoms with Crippen molar-refractivity contribution in [2.75, 3.05) is 11.9 Å². The number of rotatable bonds is 7. The Bertz CT molecular complexity index is 506. The molecule has 1 fully saturated rings. The molecule has 0 saturated heterocycles. The van der Waals surface area contributed by atoms with E-state index in [1.807, 2.05) is 31.2 Å². The topological polar surface area (TPSA) is 65.5 Å². The van der Waals surface area contributed by atoms with Crippen LogP contribution in [-0.4, -0.2) is 24.5 Å². The molecule has 22 heavy (non-hydrogen) atoms. The molecule has 1 amide bonds. The van der Waals surface area contributed by atoms with E-state index in [2.05, 4.69) is 27.9 Å². The van der Waals surface area contributed by atoms with Crippen molar-refractivity contribution in [3.05, 3.63) is 29.8 Å². The monoisotopic (exact) mass is 302 g/mol. The Balaban J connectivity index is 1.87. The van der Waals surface area contributed by atoms with E-state index in [9.17, 15) is 4.79 Å². The number of carbonyl (C=O) groups excluding carboxylic acids is 1. The molecule has 0 radical (unpaired) electrons. The molecule has 0 spiro atoms. The van der Waals surface area contributed by atoms with E-state index < -0.39 is 0 Å². The fourth-order valence-electron chi connectivity index (χ4n) is 2.06. The SMILES string of the molecule is CCCC(=O)Nc1ccc(CN=C(NCC)NC2CC2)cc1. The van der Waals surface area contributed by atoms with Crippen molar-refractivity contribution in [2.45, 2.75) is 52.1 Å². The van der Waals surface area contributed by atoms with Gasteiger partial charge in [0.2, 0.25) is 5.91 Å². The maximum atomic E-state index is 11.5. The minimum absolute atomic E-state index is 0.0661. The van der Waals surface area contributed by atoms with E-state index in [1.165, 1.54) is 12.8 Å². The van der Waals surface area contributed by atoms with Crippen molar-refractivity contribution < 1.29 is 4.79 Å². The van der Waals surface area contributed by atoms with Crippen LogP contribution < -0.4 is 16.0 Å². The van der Waals surface area contributed by atoms with Gasteiger partial charge >= 0.3 is 0 Å². The van der Waals surface area contributed by atoms with Crippen molar-refractivity contribution in [1.82, 2.24) is 10.6 Å². The summed E-state index contributed by atoms with van der Waals surface area (Å²) in [6.07, 6.45) is 3.89. The van der Waals surface area contributed by atoms with Crippen LogP contribution in [-0.2, 0) is 11.3 Å². The zero-order valence-electron chi connectivity index (χ0n) is 13.5.